The van der Waals surface area contributed by atoms with Gasteiger partial charge in [0.05, 0.1) is 5.69 Å². The van der Waals surface area contributed by atoms with Crippen molar-refractivity contribution in [3.05, 3.63) is 23.8 Å². The molecule has 2 heterocycles. The first-order valence-electron chi connectivity index (χ1n) is 6.43. The molecule has 2 rings (SSSR count). The van der Waals surface area contributed by atoms with Crippen molar-refractivity contribution in [2.45, 2.75) is 43.9 Å². The summed E-state index contributed by atoms with van der Waals surface area (Å²) in [5, 5.41) is 4.75. The van der Waals surface area contributed by atoms with E-state index in [2.05, 4.69) is 27.2 Å². The van der Waals surface area contributed by atoms with Gasteiger partial charge in [0.2, 0.25) is 0 Å². The third-order valence-electron chi connectivity index (χ3n) is 2.41. The predicted octanol–water partition coefficient (Wildman–Crippen LogP) is 3.31. The normalized spacial score (nSPS) is 10.7. The second-order valence-corrected chi connectivity index (χ2v) is 5.12. The van der Waals surface area contributed by atoms with Crippen molar-refractivity contribution in [1.82, 2.24) is 15.0 Å². The summed E-state index contributed by atoms with van der Waals surface area (Å²) in [4.78, 5) is 13.2. The lowest BCUT2D eigenvalue weighted by Crippen LogP contribution is -2.05. The monoisotopic (exact) mass is 278 g/mol. The first kappa shape index (κ1) is 13.9. The molecular weight excluding hydrogens is 260 g/mol. The van der Waals surface area contributed by atoms with Crippen LogP contribution in [0.3, 0.4) is 0 Å². The predicted molar refractivity (Wildman–Crippen MR) is 75.6 cm³/mol. The number of nitrogens with one attached hydrogen (secondary N) is 1. The summed E-state index contributed by atoms with van der Waals surface area (Å²) >= 11 is 1.42. The van der Waals surface area contributed by atoms with Gasteiger partial charge in [-0.15, -0.1) is 0 Å². The third kappa shape index (κ3) is 3.96. The van der Waals surface area contributed by atoms with Crippen molar-refractivity contribution in [1.29, 1.82) is 0 Å². The number of hydrogen-bond acceptors (Lipinski definition) is 6. The van der Waals surface area contributed by atoms with Crippen molar-refractivity contribution in [3.63, 3.8) is 0 Å². The summed E-state index contributed by atoms with van der Waals surface area (Å²) < 4.78 is 5.33. The molecule has 0 amide bonds. The number of aromatic nitrogens is 3. The van der Waals surface area contributed by atoms with E-state index in [0.717, 1.165) is 41.7 Å². The molecule has 0 saturated carbocycles. The Kier molecular flexibility index (Phi) is 4.79. The fourth-order valence-electron chi connectivity index (χ4n) is 1.50. The zero-order valence-electron chi connectivity index (χ0n) is 11.4. The molecule has 1 N–H and O–H groups in total. The van der Waals surface area contributed by atoms with E-state index < -0.39 is 0 Å². The summed E-state index contributed by atoms with van der Waals surface area (Å²) in [5.41, 5.74) is 0.872. The van der Waals surface area contributed by atoms with Crippen LogP contribution in [0.25, 0.3) is 0 Å². The third-order valence-corrected chi connectivity index (χ3v) is 3.19. The van der Waals surface area contributed by atoms with Gasteiger partial charge in [0.1, 0.15) is 22.9 Å². The minimum absolute atomic E-state index is 0.611. The van der Waals surface area contributed by atoms with Crippen LogP contribution in [0.1, 0.15) is 31.8 Å². The average Bonchev–Trinajstić information content (AvgIpc) is 2.81. The number of hydrogen-bond donors (Lipinski definition) is 1. The fourth-order valence-corrected chi connectivity index (χ4v) is 2.28. The number of rotatable bonds is 6. The van der Waals surface area contributed by atoms with Gasteiger partial charge in [0, 0.05) is 19.0 Å². The largest absolute Gasteiger partial charge is 0.439 e. The molecule has 0 aromatic carbocycles. The number of oxazole rings is 1. The summed E-state index contributed by atoms with van der Waals surface area (Å²) in [7, 11) is 0. The van der Waals surface area contributed by atoms with Gasteiger partial charge in [0.15, 0.2) is 0 Å². The minimum atomic E-state index is 0.611. The smallest absolute Gasteiger partial charge is 0.262 e. The van der Waals surface area contributed by atoms with Gasteiger partial charge in [-0.3, -0.25) is 0 Å². The molecule has 0 atom stereocenters. The zero-order valence-corrected chi connectivity index (χ0v) is 12.3. The Morgan fingerprint density at radius 3 is 2.74 bits per heavy atom. The van der Waals surface area contributed by atoms with E-state index in [-0.39, 0.29) is 0 Å². The summed E-state index contributed by atoms with van der Waals surface area (Å²) in [6, 6.07) is 1.93. The molecule has 102 valence electrons. The molecule has 0 aliphatic heterocycles. The van der Waals surface area contributed by atoms with E-state index in [1.54, 1.807) is 6.26 Å². The molecule has 2 aromatic rings. The minimum Gasteiger partial charge on any atom is -0.439 e. The second kappa shape index (κ2) is 6.56. The first-order valence-corrected chi connectivity index (χ1v) is 7.24. The Balaban J connectivity index is 2.18. The molecule has 0 bridgehead atoms. The van der Waals surface area contributed by atoms with Crippen LogP contribution >= 0.6 is 11.8 Å². The standard InChI is InChI=1S/C13H18N4OS/c1-4-6-14-11-7-12(17-10(5-2)16-11)19-13-15-9(3)8-18-13/h7-8H,4-6H2,1-3H3,(H,14,16,17). The second-order valence-electron chi connectivity index (χ2n) is 4.14. The van der Waals surface area contributed by atoms with Crippen molar-refractivity contribution in [2.24, 2.45) is 0 Å². The SMILES string of the molecule is CCCNc1cc(Sc2nc(C)co2)nc(CC)n1. The topological polar surface area (TPSA) is 63.8 Å². The molecule has 0 saturated heterocycles. The van der Waals surface area contributed by atoms with E-state index in [1.807, 2.05) is 19.9 Å². The van der Waals surface area contributed by atoms with E-state index in [4.69, 9.17) is 4.42 Å². The molecule has 5 nitrogen and oxygen atoms in total. The van der Waals surface area contributed by atoms with Crippen LogP contribution in [0.5, 0.6) is 0 Å². The Labute approximate surface area is 117 Å². The van der Waals surface area contributed by atoms with Gasteiger partial charge in [-0.2, -0.15) is 0 Å². The number of aryl methyl sites for hydroxylation is 2. The molecule has 0 spiro atoms. The molecular formula is C13H18N4OS. The van der Waals surface area contributed by atoms with E-state index in [0.29, 0.717) is 5.22 Å². The summed E-state index contributed by atoms with van der Waals surface area (Å²) in [6.45, 7) is 6.98. The molecule has 0 radical (unpaired) electrons. The molecule has 0 aliphatic rings. The Bertz CT molecular complexity index is 541. The van der Waals surface area contributed by atoms with Crippen LogP contribution in [0.4, 0.5) is 5.82 Å². The van der Waals surface area contributed by atoms with Crippen LogP contribution in [-0.2, 0) is 6.42 Å². The van der Waals surface area contributed by atoms with Gasteiger partial charge < -0.3 is 9.73 Å². The lowest BCUT2D eigenvalue weighted by Gasteiger charge is -2.07. The Morgan fingerprint density at radius 2 is 2.11 bits per heavy atom. The maximum atomic E-state index is 5.33. The van der Waals surface area contributed by atoms with Crippen molar-refractivity contribution >= 4 is 17.6 Å². The number of nitrogens with zero attached hydrogens (tertiary/aromatic N) is 3. The van der Waals surface area contributed by atoms with Crippen molar-refractivity contribution in [3.8, 4) is 0 Å². The van der Waals surface area contributed by atoms with Gasteiger partial charge >= 0.3 is 0 Å². The van der Waals surface area contributed by atoms with Crippen molar-refractivity contribution < 1.29 is 4.42 Å². The fraction of sp³-hybridized carbons (Fsp3) is 0.462. The first-order chi connectivity index (χ1) is 9.21. The maximum absolute atomic E-state index is 5.33. The van der Waals surface area contributed by atoms with Crippen LogP contribution in [0.2, 0.25) is 0 Å². The lowest BCUT2D eigenvalue weighted by molar-refractivity contribution is 0.453. The van der Waals surface area contributed by atoms with E-state index in [9.17, 15) is 0 Å². The van der Waals surface area contributed by atoms with Gasteiger partial charge in [-0.05, 0) is 25.1 Å². The highest BCUT2D eigenvalue weighted by molar-refractivity contribution is 7.99. The number of anilines is 1. The van der Waals surface area contributed by atoms with Crippen molar-refractivity contribution in [2.75, 3.05) is 11.9 Å². The quantitative estimate of drug-likeness (QED) is 0.818. The summed E-state index contributed by atoms with van der Waals surface area (Å²) in [5.74, 6) is 1.69. The Hall–Kier alpha value is -1.56. The maximum Gasteiger partial charge on any atom is 0.262 e. The molecule has 0 unspecified atom stereocenters. The molecule has 19 heavy (non-hydrogen) atoms. The highest BCUT2D eigenvalue weighted by Crippen LogP contribution is 2.26. The van der Waals surface area contributed by atoms with Gasteiger partial charge in [-0.25, -0.2) is 15.0 Å². The van der Waals surface area contributed by atoms with E-state index in [1.165, 1.54) is 11.8 Å². The van der Waals surface area contributed by atoms with Gasteiger partial charge in [-0.1, -0.05) is 13.8 Å². The van der Waals surface area contributed by atoms with Crippen LogP contribution in [-0.4, -0.2) is 21.5 Å². The average molecular weight is 278 g/mol. The van der Waals surface area contributed by atoms with Crippen LogP contribution in [0, 0.1) is 6.92 Å². The lowest BCUT2D eigenvalue weighted by atomic mass is 10.4. The van der Waals surface area contributed by atoms with Gasteiger partial charge in [0.25, 0.3) is 5.22 Å². The van der Waals surface area contributed by atoms with Crippen LogP contribution in [0.15, 0.2) is 27.0 Å². The summed E-state index contributed by atoms with van der Waals surface area (Å²) in [6.07, 6.45) is 3.51. The molecule has 2 aromatic heterocycles. The van der Waals surface area contributed by atoms with E-state index >= 15 is 0 Å². The zero-order chi connectivity index (χ0) is 13.7. The highest BCUT2D eigenvalue weighted by atomic mass is 32.2. The molecule has 0 fully saturated rings. The van der Waals surface area contributed by atoms with Crippen LogP contribution < -0.4 is 5.32 Å². The Morgan fingerprint density at radius 1 is 1.26 bits per heavy atom. The molecule has 0 aliphatic carbocycles. The molecule has 6 heteroatoms. The highest BCUT2D eigenvalue weighted by Gasteiger charge is 2.08.